The Balaban J connectivity index is 1.32. The second kappa shape index (κ2) is 10.0. The lowest BCUT2D eigenvalue weighted by Crippen LogP contribution is -2.46. The van der Waals surface area contributed by atoms with Gasteiger partial charge in [0.2, 0.25) is 5.95 Å². The summed E-state index contributed by atoms with van der Waals surface area (Å²) in [6, 6.07) is 12.1. The second-order valence-corrected chi connectivity index (χ2v) is 9.78. The van der Waals surface area contributed by atoms with Crippen LogP contribution in [0.3, 0.4) is 0 Å². The maximum atomic E-state index is 13.2. The van der Waals surface area contributed by atoms with Crippen molar-refractivity contribution in [3.05, 3.63) is 76.9 Å². The highest BCUT2D eigenvalue weighted by molar-refractivity contribution is 5.77. The Hall–Kier alpha value is -4.02. The molecule has 1 saturated heterocycles. The van der Waals surface area contributed by atoms with Crippen molar-refractivity contribution in [2.24, 2.45) is 0 Å². The van der Waals surface area contributed by atoms with Gasteiger partial charge in [0.1, 0.15) is 5.39 Å². The maximum absolute atomic E-state index is 13.2. The third-order valence-electron chi connectivity index (χ3n) is 7.50. The zero-order valence-electron chi connectivity index (χ0n) is 21.5. The van der Waals surface area contributed by atoms with Crippen LogP contribution in [0.1, 0.15) is 30.7 Å². The third kappa shape index (κ3) is 4.35. The lowest BCUT2D eigenvalue weighted by molar-refractivity contribution is 0.175. The van der Waals surface area contributed by atoms with E-state index in [0.717, 1.165) is 50.4 Å². The van der Waals surface area contributed by atoms with Gasteiger partial charge in [0.05, 0.1) is 18.3 Å². The molecule has 1 fully saturated rings. The van der Waals surface area contributed by atoms with Crippen molar-refractivity contribution in [2.45, 2.75) is 32.4 Å². The molecule has 1 unspecified atom stereocenters. The van der Waals surface area contributed by atoms with E-state index in [-0.39, 0.29) is 12.1 Å². The number of fused-ring (bicyclic) bond motifs is 2. The monoisotopic (exact) mass is 512 g/mol. The number of aliphatic hydroxyl groups is 1. The highest BCUT2D eigenvalue weighted by Crippen LogP contribution is 2.30. The van der Waals surface area contributed by atoms with Crippen molar-refractivity contribution in [2.75, 3.05) is 42.9 Å². The van der Waals surface area contributed by atoms with Crippen molar-refractivity contribution >= 4 is 28.4 Å². The number of anilines is 3. The first kappa shape index (κ1) is 24.3. The summed E-state index contributed by atoms with van der Waals surface area (Å²) >= 11 is 0. The molecule has 4 heterocycles. The summed E-state index contributed by atoms with van der Waals surface area (Å²) in [7, 11) is 0. The van der Waals surface area contributed by atoms with Gasteiger partial charge in [-0.1, -0.05) is 19.1 Å². The Kier molecular flexibility index (Phi) is 6.42. The van der Waals surface area contributed by atoms with E-state index in [2.05, 4.69) is 45.7 Å². The van der Waals surface area contributed by atoms with Gasteiger partial charge in [0, 0.05) is 43.8 Å². The summed E-state index contributed by atoms with van der Waals surface area (Å²) in [6.45, 7) is 11.6. The van der Waals surface area contributed by atoms with Crippen LogP contribution in [0.15, 0.2) is 60.0 Å². The molecule has 0 spiro atoms. The maximum Gasteiger partial charge on any atom is 0.278 e. The molecule has 38 heavy (non-hydrogen) atoms. The highest BCUT2D eigenvalue weighted by atomic mass is 16.3. The molecule has 2 N–H and O–H groups in total. The van der Waals surface area contributed by atoms with E-state index in [4.69, 9.17) is 9.97 Å². The number of aryl methyl sites for hydroxylation is 1. The molecule has 0 saturated carbocycles. The molecule has 3 aromatic heterocycles. The van der Waals surface area contributed by atoms with Gasteiger partial charge in [-0.15, -0.1) is 6.58 Å². The lowest BCUT2D eigenvalue weighted by Gasteiger charge is -2.35. The number of piperazine rings is 1. The number of nitrogens with zero attached hydrogens (tertiary/aromatic N) is 7. The van der Waals surface area contributed by atoms with Crippen molar-refractivity contribution in [1.29, 1.82) is 0 Å². The number of hydrogen-bond donors (Lipinski definition) is 2. The second-order valence-electron chi connectivity index (χ2n) is 9.78. The number of rotatable bonds is 7. The molecule has 2 aliphatic rings. The molecule has 196 valence electrons. The van der Waals surface area contributed by atoms with E-state index in [1.165, 1.54) is 5.69 Å². The predicted molar refractivity (Wildman–Crippen MR) is 148 cm³/mol. The van der Waals surface area contributed by atoms with E-state index in [9.17, 15) is 9.90 Å². The largest absolute Gasteiger partial charge is 0.387 e. The summed E-state index contributed by atoms with van der Waals surface area (Å²) in [4.78, 5) is 31.9. The summed E-state index contributed by atoms with van der Waals surface area (Å²) in [5, 5.41) is 14.0. The molecule has 10 heteroatoms. The lowest BCUT2D eigenvalue weighted by atomic mass is 10.2. The molecule has 1 aliphatic carbocycles. The number of allylic oxidation sites excluding steroid dienone is 1. The smallest absolute Gasteiger partial charge is 0.278 e. The van der Waals surface area contributed by atoms with Gasteiger partial charge < -0.3 is 20.2 Å². The number of aliphatic hydroxyl groups excluding tert-OH is 1. The number of aromatic nitrogens is 5. The van der Waals surface area contributed by atoms with Gasteiger partial charge in [-0.25, -0.2) is 19.3 Å². The molecule has 6 rings (SSSR count). The molecule has 0 amide bonds. The molecule has 1 aliphatic heterocycles. The minimum Gasteiger partial charge on any atom is -0.387 e. The van der Waals surface area contributed by atoms with Crippen molar-refractivity contribution in [3.8, 4) is 5.82 Å². The van der Waals surface area contributed by atoms with Crippen LogP contribution in [0.4, 0.5) is 17.3 Å². The van der Waals surface area contributed by atoms with Crippen LogP contribution in [0, 0.1) is 0 Å². The van der Waals surface area contributed by atoms with Crippen LogP contribution in [-0.2, 0) is 13.0 Å². The first-order chi connectivity index (χ1) is 18.6. The van der Waals surface area contributed by atoms with Crippen LogP contribution in [0.2, 0.25) is 0 Å². The minimum atomic E-state index is -0.600. The van der Waals surface area contributed by atoms with E-state index in [0.29, 0.717) is 34.9 Å². The van der Waals surface area contributed by atoms with Gasteiger partial charge in [-0.05, 0) is 55.3 Å². The summed E-state index contributed by atoms with van der Waals surface area (Å²) < 4.78 is 3.23. The average Bonchev–Trinajstić information content (AvgIpc) is 3.45. The Morgan fingerprint density at radius 2 is 1.89 bits per heavy atom. The number of pyridine rings is 1. The summed E-state index contributed by atoms with van der Waals surface area (Å²) in [6.07, 6.45) is 4.06. The fourth-order valence-corrected chi connectivity index (χ4v) is 5.36. The van der Waals surface area contributed by atoms with Gasteiger partial charge in [-0.2, -0.15) is 4.98 Å². The van der Waals surface area contributed by atoms with Crippen LogP contribution in [-0.4, -0.2) is 67.0 Å². The Morgan fingerprint density at radius 3 is 2.63 bits per heavy atom. The molecule has 4 aromatic rings. The van der Waals surface area contributed by atoms with Gasteiger partial charge >= 0.3 is 0 Å². The van der Waals surface area contributed by atoms with Crippen molar-refractivity contribution in [1.82, 2.24) is 29.2 Å². The number of likely N-dealkylation sites (N-methyl/N-ethyl adjacent to an activating group) is 1. The highest BCUT2D eigenvalue weighted by Gasteiger charge is 2.24. The fourth-order valence-electron chi connectivity index (χ4n) is 5.36. The Labute approximate surface area is 220 Å². The van der Waals surface area contributed by atoms with Crippen LogP contribution in [0.25, 0.3) is 16.9 Å². The van der Waals surface area contributed by atoms with Gasteiger partial charge in [-0.3, -0.25) is 4.79 Å². The normalized spacial score (nSPS) is 17.6. The van der Waals surface area contributed by atoms with Crippen molar-refractivity contribution in [3.63, 3.8) is 0 Å². The molecule has 1 atom stereocenters. The molecular weight excluding hydrogens is 480 g/mol. The number of nitrogens with one attached hydrogen (secondary N) is 1. The zero-order chi connectivity index (χ0) is 26.2. The molecule has 1 aromatic carbocycles. The SMILES string of the molecule is C=CCn1c(=O)c2cnc(Nc3ccc(N4CCN(CC)CC4)cc3)nc2n1-c1ccc2c(n1)C(O)CC2. The summed E-state index contributed by atoms with van der Waals surface area (Å²) in [5.74, 6) is 0.906. The molecule has 0 bridgehead atoms. The Bertz CT molecular complexity index is 1530. The van der Waals surface area contributed by atoms with E-state index >= 15 is 0 Å². The molecule has 10 nitrogen and oxygen atoms in total. The zero-order valence-corrected chi connectivity index (χ0v) is 21.5. The van der Waals surface area contributed by atoms with Crippen molar-refractivity contribution < 1.29 is 5.11 Å². The Morgan fingerprint density at radius 1 is 1.11 bits per heavy atom. The topological polar surface area (TPSA) is 104 Å². The standard InChI is InChI=1S/C28H32N8O2/c1-3-13-35-27(38)22-18-29-28(30-20-7-9-21(10-8-20)34-16-14-33(4-2)15-17-34)32-26(22)36(35)24-12-6-19-5-11-23(37)25(19)31-24/h3,6-10,12,18,23,37H,1,4-5,11,13-17H2,2H3,(H,29,30,32). The third-order valence-corrected chi connectivity index (χ3v) is 7.50. The number of hydrogen-bond acceptors (Lipinski definition) is 8. The van der Waals surface area contributed by atoms with Gasteiger partial charge in [0.25, 0.3) is 5.56 Å². The molecule has 0 radical (unpaired) electrons. The van der Waals surface area contributed by atoms with Crippen LogP contribution >= 0.6 is 0 Å². The predicted octanol–water partition coefficient (Wildman–Crippen LogP) is 3.03. The number of benzene rings is 1. The fraction of sp³-hybridized carbons (Fsp3) is 0.357. The van der Waals surface area contributed by atoms with E-state index < -0.39 is 6.10 Å². The van der Waals surface area contributed by atoms with E-state index in [1.54, 1.807) is 21.6 Å². The van der Waals surface area contributed by atoms with Crippen LogP contribution in [0.5, 0.6) is 0 Å². The average molecular weight is 513 g/mol. The minimum absolute atomic E-state index is 0.221. The first-order valence-electron chi connectivity index (χ1n) is 13.2. The summed E-state index contributed by atoms with van der Waals surface area (Å²) in [5.41, 5.74) is 3.97. The first-order valence-corrected chi connectivity index (χ1v) is 13.2. The van der Waals surface area contributed by atoms with E-state index in [1.807, 2.05) is 24.3 Å². The van der Waals surface area contributed by atoms with Crippen LogP contribution < -0.4 is 15.8 Å². The van der Waals surface area contributed by atoms with Gasteiger partial charge in [0.15, 0.2) is 11.5 Å². The quantitative estimate of drug-likeness (QED) is 0.364. The molecular formula is C28H32N8O2.